The van der Waals surface area contributed by atoms with Gasteiger partial charge >= 0.3 is 0 Å². The van der Waals surface area contributed by atoms with Crippen LogP contribution >= 0.6 is 11.3 Å². The molecule has 0 saturated carbocycles. The standard InChI is InChI=1S/C17H21N3O2S/c21-16(19-17-18-8-11-23-17)13-20-9-10-22-15(12-20)7-6-14-4-2-1-3-5-14/h1-5,8,11,15H,6-7,9-10,12-13H2,(H,18,19,21)/t15-/m1/s1. The molecule has 2 heterocycles. The van der Waals surface area contributed by atoms with E-state index in [0.29, 0.717) is 18.3 Å². The van der Waals surface area contributed by atoms with Gasteiger partial charge in [0, 0.05) is 24.7 Å². The first kappa shape index (κ1) is 16.1. The number of aromatic nitrogens is 1. The van der Waals surface area contributed by atoms with Crippen molar-refractivity contribution in [3.05, 3.63) is 47.5 Å². The maximum Gasteiger partial charge on any atom is 0.240 e. The lowest BCUT2D eigenvalue weighted by atomic mass is 10.1. The summed E-state index contributed by atoms with van der Waals surface area (Å²) < 4.78 is 5.83. The number of carbonyl (C=O) groups excluding carboxylic acids is 1. The van der Waals surface area contributed by atoms with Crippen LogP contribution in [0.3, 0.4) is 0 Å². The minimum atomic E-state index is -0.0105. The fourth-order valence-corrected chi connectivity index (χ4v) is 3.26. The van der Waals surface area contributed by atoms with Crippen molar-refractivity contribution in [2.24, 2.45) is 0 Å². The average molecular weight is 331 g/mol. The van der Waals surface area contributed by atoms with Gasteiger partial charge in [-0.25, -0.2) is 4.98 Å². The zero-order valence-electron chi connectivity index (χ0n) is 13.0. The molecule has 0 radical (unpaired) electrons. The van der Waals surface area contributed by atoms with Gasteiger partial charge in [-0.05, 0) is 18.4 Å². The van der Waals surface area contributed by atoms with E-state index in [1.54, 1.807) is 6.20 Å². The highest BCUT2D eigenvalue weighted by Crippen LogP contribution is 2.14. The van der Waals surface area contributed by atoms with Crippen molar-refractivity contribution in [2.75, 3.05) is 31.6 Å². The number of aryl methyl sites for hydroxylation is 1. The van der Waals surface area contributed by atoms with Gasteiger partial charge in [-0.15, -0.1) is 11.3 Å². The first-order valence-electron chi connectivity index (χ1n) is 7.87. The second kappa shape index (κ2) is 8.19. The Hall–Kier alpha value is -1.76. The van der Waals surface area contributed by atoms with Crippen molar-refractivity contribution in [3.63, 3.8) is 0 Å². The van der Waals surface area contributed by atoms with Gasteiger partial charge in [0.05, 0.1) is 19.3 Å². The first-order chi connectivity index (χ1) is 11.3. The molecule has 5 nitrogen and oxygen atoms in total. The predicted molar refractivity (Wildman–Crippen MR) is 91.7 cm³/mol. The first-order valence-corrected chi connectivity index (χ1v) is 8.75. The molecule has 1 fully saturated rings. The number of carbonyl (C=O) groups is 1. The zero-order chi connectivity index (χ0) is 15.9. The maximum absolute atomic E-state index is 12.0. The molecule has 1 aliphatic heterocycles. The normalized spacial score (nSPS) is 18.7. The lowest BCUT2D eigenvalue weighted by Crippen LogP contribution is -2.45. The summed E-state index contributed by atoms with van der Waals surface area (Å²) in [6, 6.07) is 10.4. The van der Waals surface area contributed by atoms with Gasteiger partial charge in [-0.2, -0.15) is 0 Å². The van der Waals surface area contributed by atoms with Crippen LogP contribution < -0.4 is 5.32 Å². The number of hydrogen-bond acceptors (Lipinski definition) is 5. The molecule has 0 bridgehead atoms. The molecule has 3 rings (SSSR count). The summed E-state index contributed by atoms with van der Waals surface area (Å²) in [5.74, 6) is -0.0105. The van der Waals surface area contributed by atoms with E-state index in [0.717, 1.165) is 25.9 Å². The highest BCUT2D eigenvalue weighted by atomic mass is 32.1. The lowest BCUT2D eigenvalue weighted by Gasteiger charge is -2.32. The summed E-state index contributed by atoms with van der Waals surface area (Å²) in [5.41, 5.74) is 1.33. The van der Waals surface area contributed by atoms with Gasteiger partial charge in [0.25, 0.3) is 0 Å². The molecule has 1 atom stereocenters. The van der Waals surface area contributed by atoms with E-state index in [9.17, 15) is 4.79 Å². The van der Waals surface area contributed by atoms with E-state index in [1.165, 1.54) is 16.9 Å². The highest BCUT2D eigenvalue weighted by Gasteiger charge is 2.22. The number of hydrogen-bond donors (Lipinski definition) is 1. The third kappa shape index (κ3) is 5.13. The number of nitrogens with one attached hydrogen (secondary N) is 1. The van der Waals surface area contributed by atoms with E-state index in [1.807, 2.05) is 11.4 Å². The zero-order valence-corrected chi connectivity index (χ0v) is 13.8. The summed E-state index contributed by atoms with van der Waals surface area (Å²) in [5, 5.41) is 5.34. The number of thiazole rings is 1. The Bertz CT molecular complexity index is 604. The van der Waals surface area contributed by atoms with E-state index in [-0.39, 0.29) is 12.0 Å². The summed E-state index contributed by atoms with van der Waals surface area (Å²) in [6.07, 6.45) is 3.87. The van der Waals surface area contributed by atoms with Crippen molar-refractivity contribution in [1.82, 2.24) is 9.88 Å². The number of anilines is 1. The number of amides is 1. The molecule has 23 heavy (non-hydrogen) atoms. The van der Waals surface area contributed by atoms with Crippen LogP contribution in [0, 0.1) is 0 Å². The minimum Gasteiger partial charge on any atom is -0.376 e. The number of ether oxygens (including phenoxy) is 1. The van der Waals surface area contributed by atoms with Crippen LogP contribution in [0.5, 0.6) is 0 Å². The highest BCUT2D eigenvalue weighted by molar-refractivity contribution is 7.13. The number of nitrogens with zero attached hydrogens (tertiary/aromatic N) is 2. The Balaban J connectivity index is 1.43. The van der Waals surface area contributed by atoms with Gasteiger partial charge in [-0.3, -0.25) is 9.69 Å². The average Bonchev–Trinajstić information content (AvgIpc) is 3.07. The molecule has 1 aromatic heterocycles. The maximum atomic E-state index is 12.0. The van der Waals surface area contributed by atoms with E-state index in [2.05, 4.69) is 39.5 Å². The summed E-state index contributed by atoms with van der Waals surface area (Å²) in [7, 11) is 0. The molecule has 0 spiro atoms. The van der Waals surface area contributed by atoms with Crippen LogP contribution in [-0.2, 0) is 16.0 Å². The van der Waals surface area contributed by atoms with Crippen LogP contribution in [0.25, 0.3) is 0 Å². The number of rotatable bonds is 6. The Morgan fingerprint density at radius 1 is 1.39 bits per heavy atom. The Morgan fingerprint density at radius 3 is 3.04 bits per heavy atom. The Labute approximate surface area is 140 Å². The molecule has 2 aromatic rings. The second-order valence-corrected chi connectivity index (χ2v) is 6.53. The van der Waals surface area contributed by atoms with Crippen LogP contribution in [-0.4, -0.2) is 48.1 Å². The van der Waals surface area contributed by atoms with Crippen molar-refractivity contribution >= 4 is 22.4 Å². The molecule has 122 valence electrons. The van der Waals surface area contributed by atoms with Gasteiger partial charge in [0.15, 0.2) is 5.13 Å². The number of morpholine rings is 1. The van der Waals surface area contributed by atoms with Crippen LogP contribution in [0.15, 0.2) is 41.9 Å². The molecule has 1 saturated heterocycles. The van der Waals surface area contributed by atoms with Crippen LogP contribution in [0.1, 0.15) is 12.0 Å². The Kier molecular flexibility index (Phi) is 5.74. The van der Waals surface area contributed by atoms with Crippen molar-refractivity contribution < 1.29 is 9.53 Å². The van der Waals surface area contributed by atoms with Crippen LogP contribution in [0.2, 0.25) is 0 Å². The van der Waals surface area contributed by atoms with Crippen molar-refractivity contribution in [1.29, 1.82) is 0 Å². The summed E-state index contributed by atoms with van der Waals surface area (Å²) >= 11 is 1.43. The van der Waals surface area contributed by atoms with Gasteiger partial charge in [-0.1, -0.05) is 30.3 Å². The van der Waals surface area contributed by atoms with Crippen molar-refractivity contribution in [3.8, 4) is 0 Å². The van der Waals surface area contributed by atoms with E-state index in [4.69, 9.17) is 4.74 Å². The summed E-state index contributed by atoms with van der Waals surface area (Å²) in [4.78, 5) is 18.3. The molecular weight excluding hydrogens is 310 g/mol. The summed E-state index contributed by atoms with van der Waals surface area (Å²) in [6.45, 7) is 2.68. The molecule has 0 unspecified atom stereocenters. The smallest absolute Gasteiger partial charge is 0.240 e. The molecule has 1 aromatic carbocycles. The second-order valence-electron chi connectivity index (χ2n) is 5.64. The molecule has 1 amide bonds. The fraction of sp³-hybridized carbons (Fsp3) is 0.412. The van der Waals surface area contributed by atoms with E-state index < -0.39 is 0 Å². The van der Waals surface area contributed by atoms with E-state index >= 15 is 0 Å². The Morgan fingerprint density at radius 2 is 2.26 bits per heavy atom. The van der Waals surface area contributed by atoms with Crippen LogP contribution in [0.4, 0.5) is 5.13 Å². The van der Waals surface area contributed by atoms with Gasteiger partial charge in [0.1, 0.15) is 0 Å². The quantitative estimate of drug-likeness (QED) is 0.883. The largest absolute Gasteiger partial charge is 0.376 e. The van der Waals surface area contributed by atoms with Gasteiger partial charge in [0.2, 0.25) is 5.91 Å². The molecule has 1 N–H and O–H groups in total. The third-order valence-corrected chi connectivity index (χ3v) is 4.56. The predicted octanol–water partition coefficient (Wildman–Crippen LogP) is 2.42. The molecular formula is C17H21N3O2S. The monoisotopic (exact) mass is 331 g/mol. The fourth-order valence-electron chi connectivity index (χ4n) is 2.72. The topological polar surface area (TPSA) is 54.5 Å². The third-order valence-electron chi connectivity index (χ3n) is 3.87. The molecule has 1 aliphatic rings. The van der Waals surface area contributed by atoms with Gasteiger partial charge < -0.3 is 10.1 Å². The number of benzene rings is 1. The lowest BCUT2D eigenvalue weighted by molar-refractivity contribution is -0.119. The molecule has 6 heteroatoms. The SMILES string of the molecule is O=C(CN1CCO[C@H](CCc2ccccc2)C1)Nc1nccs1. The van der Waals surface area contributed by atoms with Crippen molar-refractivity contribution in [2.45, 2.75) is 18.9 Å². The molecule has 0 aliphatic carbocycles. The minimum absolute atomic E-state index is 0.0105.